The lowest BCUT2D eigenvalue weighted by atomic mass is 10.0. The number of halogens is 3. The van der Waals surface area contributed by atoms with Crippen molar-refractivity contribution in [1.82, 2.24) is 4.57 Å². The predicted molar refractivity (Wildman–Crippen MR) is 43.0 cm³/mol. The number of aromatic nitrogens is 2. The average Bonchev–Trinajstić information content (AvgIpc) is 2.34. The summed E-state index contributed by atoms with van der Waals surface area (Å²) in [7, 11) is -2.28. The first kappa shape index (κ1) is 12.1. The van der Waals surface area contributed by atoms with E-state index < -0.39 is 7.27 Å². The minimum Gasteiger partial charge on any atom is -1.00 e. The second kappa shape index (κ2) is 4.94. The molecule has 0 amide bonds. The summed E-state index contributed by atoms with van der Waals surface area (Å²) in [5, 5.41) is 0. The van der Waals surface area contributed by atoms with Crippen LogP contribution in [0.15, 0.2) is 18.7 Å². The Morgan fingerprint density at radius 2 is 2.08 bits per heavy atom. The van der Waals surface area contributed by atoms with Gasteiger partial charge in [0, 0.05) is 0 Å². The van der Waals surface area contributed by atoms with E-state index in [0.717, 1.165) is 0 Å². The molecule has 0 bridgehead atoms. The fourth-order valence-electron chi connectivity index (χ4n) is 0.984. The van der Waals surface area contributed by atoms with Crippen LogP contribution in [-0.4, -0.2) is 11.8 Å². The first-order valence-corrected chi connectivity index (χ1v) is 3.94. The minimum absolute atomic E-state index is 0. The third-order valence-corrected chi connectivity index (χ3v) is 1.66. The van der Waals surface area contributed by atoms with Crippen LogP contribution in [-0.2, 0) is 6.44 Å². The molecule has 0 N–H and O–H groups in total. The van der Waals surface area contributed by atoms with E-state index in [-0.39, 0.29) is 11.1 Å². The summed E-state index contributed by atoms with van der Waals surface area (Å²) in [6.45, 7) is 4.01. The van der Waals surface area contributed by atoms with Gasteiger partial charge in [-0.2, -0.15) is 0 Å². The topological polar surface area (TPSA) is 8.81 Å². The third-order valence-electron chi connectivity index (χ3n) is 1.66. The largest absolute Gasteiger partial charge is 1.00 e. The van der Waals surface area contributed by atoms with Crippen molar-refractivity contribution in [2.45, 2.75) is 26.3 Å². The zero-order chi connectivity index (χ0) is 9.14. The van der Waals surface area contributed by atoms with Crippen LogP contribution in [0.25, 0.3) is 0 Å². The van der Waals surface area contributed by atoms with Crippen molar-refractivity contribution in [3.8, 4) is 0 Å². The maximum Gasteiger partial charge on any atom is 0.578 e. The second-order valence-electron chi connectivity index (χ2n) is 3.04. The van der Waals surface area contributed by atoms with Crippen LogP contribution in [0.4, 0.5) is 8.63 Å². The van der Waals surface area contributed by atoms with Crippen molar-refractivity contribution in [3.05, 3.63) is 18.7 Å². The van der Waals surface area contributed by atoms with Crippen molar-refractivity contribution in [2.75, 3.05) is 0 Å². The van der Waals surface area contributed by atoms with Gasteiger partial charge in [-0.05, 0) is 13.8 Å². The van der Waals surface area contributed by atoms with Gasteiger partial charge in [-0.25, -0.2) is 9.13 Å². The lowest BCUT2D eigenvalue weighted by Crippen LogP contribution is -3.00. The molecule has 0 fully saturated rings. The van der Waals surface area contributed by atoms with Gasteiger partial charge in [0.05, 0.1) is 6.04 Å². The number of hydrogen-bond donors (Lipinski definition) is 0. The summed E-state index contributed by atoms with van der Waals surface area (Å²) < 4.78 is 27.2. The molecule has 0 aliphatic heterocycles. The lowest BCUT2D eigenvalue weighted by Gasteiger charge is -1.96. The van der Waals surface area contributed by atoms with Crippen LogP contribution < -0.4 is 9.27 Å². The molecule has 0 unspecified atom stereocenters. The molecule has 6 heteroatoms. The molecule has 2 nitrogen and oxygen atoms in total. The monoisotopic (exact) mass is 192 g/mol. The Kier molecular flexibility index (Phi) is 4.58. The lowest BCUT2D eigenvalue weighted by molar-refractivity contribution is -0.681. The molecular weight excluding hydrogens is 180 g/mol. The molecule has 1 rings (SSSR count). The average molecular weight is 192 g/mol. The highest BCUT2D eigenvalue weighted by Gasteiger charge is 2.17. The van der Waals surface area contributed by atoms with Crippen molar-refractivity contribution < 1.29 is 17.9 Å². The van der Waals surface area contributed by atoms with Crippen molar-refractivity contribution >= 4 is 7.27 Å². The SMILES string of the molecule is CC(C)n1cc[n+](CB(F)F)c1.[F-]. The Labute approximate surface area is 75.7 Å². The van der Waals surface area contributed by atoms with Gasteiger partial charge >= 0.3 is 7.27 Å². The fraction of sp³-hybridized carbons (Fsp3) is 0.571. The molecule has 13 heavy (non-hydrogen) atoms. The summed E-state index contributed by atoms with van der Waals surface area (Å²) in [4.78, 5) is 0. The van der Waals surface area contributed by atoms with Gasteiger partial charge in [0.15, 0.2) is 0 Å². The molecule has 0 aromatic carbocycles. The zero-order valence-corrected chi connectivity index (χ0v) is 7.62. The summed E-state index contributed by atoms with van der Waals surface area (Å²) in [5.41, 5.74) is 0. The smallest absolute Gasteiger partial charge is 0.578 e. The van der Waals surface area contributed by atoms with E-state index in [1.54, 1.807) is 18.7 Å². The van der Waals surface area contributed by atoms with E-state index in [0.29, 0.717) is 6.04 Å². The first-order chi connectivity index (χ1) is 5.59. The van der Waals surface area contributed by atoms with Gasteiger partial charge in [0.1, 0.15) is 18.8 Å². The summed E-state index contributed by atoms with van der Waals surface area (Å²) in [5.74, 6) is 0. The van der Waals surface area contributed by atoms with Crippen LogP contribution in [0.5, 0.6) is 0 Å². The summed E-state index contributed by atoms with van der Waals surface area (Å²) >= 11 is 0. The predicted octanol–water partition coefficient (Wildman–Crippen LogP) is -1.67. The van der Waals surface area contributed by atoms with Gasteiger partial charge in [-0.15, -0.1) is 0 Å². The highest BCUT2D eigenvalue weighted by atomic mass is 19.2. The number of rotatable bonds is 3. The molecule has 0 radical (unpaired) electrons. The van der Waals surface area contributed by atoms with Crippen molar-refractivity contribution in [3.63, 3.8) is 0 Å². The van der Waals surface area contributed by atoms with Crippen LogP contribution >= 0.6 is 0 Å². The molecule has 0 spiro atoms. The molecule has 0 saturated heterocycles. The standard InChI is InChI=1S/C7H12BF2N2.FH/c1-7(2)12-4-3-11(6-12)5-8(9)10;/h3-4,6-7H,5H2,1-2H3;1H/q+1;/p-1. The van der Waals surface area contributed by atoms with E-state index in [4.69, 9.17) is 0 Å². The fourth-order valence-corrected chi connectivity index (χ4v) is 0.984. The Hall–Kier alpha value is -0.935. The van der Waals surface area contributed by atoms with E-state index >= 15 is 0 Å². The number of imidazole rings is 1. The molecule has 1 heterocycles. The second-order valence-corrected chi connectivity index (χ2v) is 3.04. The number of nitrogens with zero attached hydrogens (tertiary/aromatic N) is 2. The first-order valence-electron chi connectivity index (χ1n) is 3.94. The van der Waals surface area contributed by atoms with Crippen molar-refractivity contribution in [2.24, 2.45) is 0 Å². The normalized spacial score (nSPS) is 9.92. The molecule has 0 saturated carbocycles. The van der Waals surface area contributed by atoms with Crippen LogP contribution in [0.1, 0.15) is 19.9 Å². The van der Waals surface area contributed by atoms with Crippen LogP contribution in [0.3, 0.4) is 0 Å². The minimum atomic E-state index is -2.28. The van der Waals surface area contributed by atoms with Crippen LogP contribution in [0, 0.1) is 0 Å². The van der Waals surface area contributed by atoms with Crippen LogP contribution in [0.2, 0.25) is 0 Å². The number of hydrogen-bond acceptors (Lipinski definition) is 0. The Balaban J connectivity index is 0.00000144. The highest BCUT2D eigenvalue weighted by Crippen LogP contribution is 2.00. The maximum absolute atomic E-state index is 11.9. The Morgan fingerprint density at radius 1 is 1.46 bits per heavy atom. The van der Waals surface area contributed by atoms with E-state index in [1.807, 2.05) is 18.4 Å². The molecular formula is C7H12BF3N2. The molecule has 1 aromatic heterocycles. The van der Waals surface area contributed by atoms with E-state index in [2.05, 4.69) is 0 Å². The van der Waals surface area contributed by atoms with Gasteiger partial charge in [0.25, 0.3) is 0 Å². The summed E-state index contributed by atoms with van der Waals surface area (Å²) in [6.07, 6.45) is 4.93. The molecule has 1 aromatic rings. The van der Waals surface area contributed by atoms with Crippen molar-refractivity contribution in [1.29, 1.82) is 0 Å². The Bertz CT molecular complexity index is 250. The Morgan fingerprint density at radius 3 is 2.46 bits per heavy atom. The van der Waals surface area contributed by atoms with Gasteiger partial charge in [-0.3, -0.25) is 8.63 Å². The highest BCUT2D eigenvalue weighted by molar-refractivity contribution is 6.40. The summed E-state index contributed by atoms with van der Waals surface area (Å²) in [6, 6.07) is 0.323. The van der Waals surface area contributed by atoms with E-state index in [9.17, 15) is 8.63 Å². The molecule has 74 valence electrons. The third kappa shape index (κ3) is 3.52. The molecule has 0 aliphatic carbocycles. The van der Waals surface area contributed by atoms with E-state index in [1.165, 1.54) is 4.57 Å². The maximum atomic E-state index is 11.9. The molecule has 0 atom stereocenters. The van der Waals surface area contributed by atoms with Gasteiger partial charge in [-0.1, -0.05) is 0 Å². The zero-order valence-electron chi connectivity index (χ0n) is 7.62. The molecule has 0 aliphatic rings. The quantitative estimate of drug-likeness (QED) is 0.400. The van der Waals surface area contributed by atoms with Gasteiger partial charge in [0.2, 0.25) is 6.33 Å². The van der Waals surface area contributed by atoms with Gasteiger partial charge < -0.3 is 4.70 Å².